The number of aryl methyl sites for hydroxylation is 3. The fourth-order valence-electron chi connectivity index (χ4n) is 2.54. The summed E-state index contributed by atoms with van der Waals surface area (Å²) in [5.41, 5.74) is 8.61. The molecule has 0 amide bonds. The SMILES string of the molecule is CC(C)=CCCC=C(C)Cc1c(C)cc(C)cc1C. The summed E-state index contributed by atoms with van der Waals surface area (Å²) < 4.78 is 0. The van der Waals surface area contributed by atoms with E-state index in [0.717, 1.165) is 19.3 Å². The summed E-state index contributed by atoms with van der Waals surface area (Å²) >= 11 is 0. The Morgan fingerprint density at radius 3 is 1.95 bits per heavy atom. The Kier molecular flexibility index (Phi) is 6.08. The van der Waals surface area contributed by atoms with Crippen LogP contribution >= 0.6 is 0 Å². The minimum Gasteiger partial charge on any atom is -0.0856 e. The van der Waals surface area contributed by atoms with Crippen LogP contribution in [0.15, 0.2) is 35.4 Å². The summed E-state index contributed by atoms with van der Waals surface area (Å²) in [6, 6.07) is 4.58. The maximum absolute atomic E-state index is 2.39. The predicted octanol–water partition coefficient (Wildman–Crippen LogP) is 5.85. The van der Waals surface area contributed by atoms with Crippen LogP contribution in [0.5, 0.6) is 0 Å². The molecule has 0 saturated carbocycles. The maximum Gasteiger partial charge on any atom is -0.00646 e. The van der Waals surface area contributed by atoms with Gasteiger partial charge in [0.1, 0.15) is 0 Å². The van der Waals surface area contributed by atoms with E-state index in [1.807, 2.05) is 0 Å². The molecule has 0 aromatic heterocycles. The molecule has 0 spiro atoms. The zero-order valence-corrected chi connectivity index (χ0v) is 13.4. The lowest BCUT2D eigenvalue weighted by atomic mass is 9.94. The topological polar surface area (TPSA) is 0 Å². The van der Waals surface area contributed by atoms with Gasteiger partial charge in [-0.05, 0) is 77.5 Å². The van der Waals surface area contributed by atoms with Gasteiger partial charge in [-0.2, -0.15) is 0 Å². The van der Waals surface area contributed by atoms with Crippen LogP contribution in [0.4, 0.5) is 0 Å². The van der Waals surface area contributed by atoms with E-state index in [1.165, 1.54) is 33.4 Å². The molecule has 0 saturated heterocycles. The summed E-state index contributed by atoms with van der Waals surface area (Å²) in [5, 5.41) is 0. The summed E-state index contributed by atoms with van der Waals surface area (Å²) in [4.78, 5) is 0. The van der Waals surface area contributed by atoms with Crippen molar-refractivity contribution in [2.24, 2.45) is 0 Å². The molecule has 0 fully saturated rings. The van der Waals surface area contributed by atoms with E-state index in [0.29, 0.717) is 0 Å². The molecule has 0 aliphatic carbocycles. The van der Waals surface area contributed by atoms with Gasteiger partial charge in [-0.3, -0.25) is 0 Å². The van der Waals surface area contributed by atoms with Gasteiger partial charge < -0.3 is 0 Å². The number of hydrogen-bond donors (Lipinski definition) is 0. The average molecular weight is 256 g/mol. The fraction of sp³-hybridized carbons (Fsp3) is 0.474. The molecule has 0 radical (unpaired) electrons. The van der Waals surface area contributed by atoms with Crippen molar-refractivity contribution in [2.75, 3.05) is 0 Å². The van der Waals surface area contributed by atoms with Gasteiger partial charge in [-0.1, -0.05) is 41.0 Å². The van der Waals surface area contributed by atoms with Gasteiger partial charge in [-0.25, -0.2) is 0 Å². The van der Waals surface area contributed by atoms with E-state index in [1.54, 1.807) is 0 Å². The fourth-order valence-corrected chi connectivity index (χ4v) is 2.54. The van der Waals surface area contributed by atoms with Crippen LogP contribution in [-0.2, 0) is 6.42 Å². The number of hydrogen-bond acceptors (Lipinski definition) is 0. The monoisotopic (exact) mass is 256 g/mol. The largest absolute Gasteiger partial charge is 0.0856 e. The molecule has 0 nitrogen and oxygen atoms in total. The molecule has 0 unspecified atom stereocenters. The molecule has 1 aromatic carbocycles. The third-order valence-electron chi connectivity index (χ3n) is 3.51. The lowest BCUT2D eigenvalue weighted by molar-refractivity contribution is 0.991. The van der Waals surface area contributed by atoms with Gasteiger partial charge in [-0.15, -0.1) is 0 Å². The molecule has 1 rings (SSSR count). The van der Waals surface area contributed by atoms with Gasteiger partial charge in [0.2, 0.25) is 0 Å². The Labute approximate surface area is 119 Å². The maximum atomic E-state index is 2.39. The van der Waals surface area contributed by atoms with Crippen molar-refractivity contribution in [3.63, 3.8) is 0 Å². The van der Waals surface area contributed by atoms with Crippen LogP contribution in [0.25, 0.3) is 0 Å². The van der Waals surface area contributed by atoms with Crippen molar-refractivity contribution in [1.29, 1.82) is 0 Å². The van der Waals surface area contributed by atoms with Crippen LogP contribution in [0.3, 0.4) is 0 Å². The van der Waals surface area contributed by atoms with E-state index < -0.39 is 0 Å². The third kappa shape index (κ3) is 5.46. The van der Waals surface area contributed by atoms with Crippen molar-refractivity contribution < 1.29 is 0 Å². The van der Waals surface area contributed by atoms with Gasteiger partial charge in [0.15, 0.2) is 0 Å². The molecule has 0 heterocycles. The second kappa shape index (κ2) is 7.33. The molecule has 0 atom stereocenters. The van der Waals surface area contributed by atoms with Crippen LogP contribution in [0.2, 0.25) is 0 Å². The first kappa shape index (κ1) is 15.8. The first-order valence-corrected chi connectivity index (χ1v) is 7.26. The van der Waals surface area contributed by atoms with Crippen LogP contribution < -0.4 is 0 Å². The van der Waals surface area contributed by atoms with Crippen molar-refractivity contribution in [2.45, 2.75) is 60.8 Å². The molecule has 0 heteroatoms. The minimum atomic E-state index is 1.09. The summed E-state index contributed by atoms with van der Waals surface area (Å²) in [7, 11) is 0. The highest BCUT2D eigenvalue weighted by molar-refractivity contribution is 5.39. The summed E-state index contributed by atoms with van der Waals surface area (Å²) in [6.07, 6.45) is 8.10. The van der Waals surface area contributed by atoms with Crippen molar-refractivity contribution >= 4 is 0 Å². The van der Waals surface area contributed by atoms with Crippen molar-refractivity contribution in [3.05, 3.63) is 57.7 Å². The quantitative estimate of drug-likeness (QED) is 0.458. The normalized spacial score (nSPS) is 11.6. The summed E-state index contributed by atoms with van der Waals surface area (Å²) in [6.45, 7) is 13.2. The van der Waals surface area contributed by atoms with Crippen LogP contribution in [0.1, 0.15) is 55.9 Å². The zero-order valence-electron chi connectivity index (χ0n) is 13.4. The Morgan fingerprint density at radius 2 is 1.42 bits per heavy atom. The Morgan fingerprint density at radius 1 is 0.895 bits per heavy atom. The second-order valence-corrected chi connectivity index (χ2v) is 5.96. The predicted molar refractivity (Wildman–Crippen MR) is 86.8 cm³/mol. The van der Waals surface area contributed by atoms with Crippen molar-refractivity contribution in [3.8, 4) is 0 Å². The van der Waals surface area contributed by atoms with E-state index in [-0.39, 0.29) is 0 Å². The second-order valence-electron chi connectivity index (χ2n) is 5.96. The Balaban J connectivity index is 2.69. The highest BCUT2D eigenvalue weighted by Gasteiger charge is 2.04. The molecular weight excluding hydrogens is 228 g/mol. The van der Waals surface area contributed by atoms with Gasteiger partial charge in [0.25, 0.3) is 0 Å². The number of rotatable bonds is 5. The molecule has 0 N–H and O–H groups in total. The molecule has 0 aliphatic heterocycles. The number of unbranched alkanes of at least 4 members (excludes halogenated alkanes) is 1. The molecule has 19 heavy (non-hydrogen) atoms. The molecule has 104 valence electrons. The van der Waals surface area contributed by atoms with E-state index in [9.17, 15) is 0 Å². The molecule has 0 bridgehead atoms. The molecule has 1 aromatic rings. The van der Waals surface area contributed by atoms with E-state index in [4.69, 9.17) is 0 Å². The minimum absolute atomic E-state index is 1.09. The van der Waals surface area contributed by atoms with Crippen molar-refractivity contribution in [1.82, 2.24) is 0 Å². The van der Waals surface area contributed by atoms with Gasteiger partial charge in [0.05, 0.1) is 0 Å². The van der Waals surface area contributed by atoms with Gasteiger partial charge in [0, 0.05) is 0 Å². The lowest BCUT2D eigenvalue weighted by Gasteiger charge is -2.11. The van der Waals surface area contributed by atoms with E-state index >= 15 is 0 Å². The molecule has 0 aliphatic rings. The van der Waals surface area contributed by atoms with Crippen LogP contribution in [-0.4, -0.2) is 0 Å². The first-order valence-electron chi connectivity index (χ1n) is 7.26. The Hall–Kier alpha value is -1.30. The smallest absolute Gasteiger partial charge is 0.00646 e. The highest BCUT2D eigenvalue weighted by atomic mass is 14.1. The number of benzene rings is 1. The standard InChI is InChI=1S/C19H28/c1-14(2)9-7-8-10-15(3)13-19-17(5)11-16(4)12-18(19)6/h9-12H,7-8,13H2,1-6H3. The lowest BCUT2D eigenvalue weighted by Crippen LogP contribution is -1.96. The third-order valence-corrected chi connectivity index (χ3v) is 3.51. The van der Waals surface area contributed by atoms with Gasteiger partial charge >= 0.3 is 0 Å². The average Bonchev–Trinajstić information content (AvgIpc) is 2.29. The van der Waals surface area contributed by atoms with Crippen LogP contribution in [0, 0.1) is 20.8 Å². The van der Waals surface area contributed by atoms with E-state index in [2.05, 4.69) is 65.8 Å². The Bertz CT molecular complexity index is 460. The highest BCUT2D eigenvalue weighted by Crippen LogP contribution is 2.20. The summed E-state index contributed by atoms with van der Waals surface area (Å²) in [5.74, 6) is 0. The first-order chi connectivity index (χ1) is 8.90. The number of allylic oxidation sites excluding steroid dienone is 4. The zero-order chi connectivity index (χ0) is 14.4. The molecular formula is C19H28.